The van der Waals surface area contributed by atoms with Gasteiger partial charge < -0.3 is 10.6 Å². The standard InChI is InChI=1S/C18H25N3O4S/c22-17(20-16-10-3-4-11-19-18(16)23)13-6-5-9-15(12-13)26(24,25)21-14-7-1-2-8-14/h5-6,9,12,14,16,21H,1-4,7-8,10-11H2,(H,19,23)(H,20,22)/t16-/m1/s1. The first-order valence-corrected chi connectivity index (χ1v) is 10.6. The SMILES string of the molecule is O=C(N[C@@H]1CCCCNC1=O)c1cccc(S(=O)(=O)NC2CCCC2)c1. The molecule has 1 saturated heterocycles. The third kappa shape index (κ3) is 4.62. The zero-order valence-corrected chi connectivity index (χ0v) is 15.5. The van der Waals surface area contributed by atoms with Crippen LogP contribution in [0.2, 0.25) is 0 Å². The molecule has 1 aliphatic carbocycles. The van der Waals surface area contributed by atoms with Gasteiger partial charge in [0.25, 0.3) is 5.91 Å². The van der Waals surface area contributed by atoms with E-state index in [-0.39, 0.29) is 22.4 Å². The second kappa shape index (κ2) is 8.18. The van der Waals surface area contributed by atoms with E-state index in [1.807, 2.05) is 0 Å². The number of hydrogen-bond acceptors (Lipinski definition) is 4. The molecule has 1 heterocycles. The molecule has 3 N–H and O–H groups in total. The molecule has 142 valence electrons. The predicted molar refractivity (Wildman–Crippen MR) is 97.1 cm³/mol. The Bertz CT molecular complexity index is 772. The Labute approximate surface area is 154 Å². The summed E-state index contributed by atoms with van der Waals surface area (Å²) in [5.41, 5.74) is 0.233. The molecule has 2 amide bonds. The number of nitrogens with one attached hydrogen (secondary N) is 3. The van der Waals surface area contributed by atoms with Crippen LogP contribution in [0, 0.1) is 0 Å². The maximum absolute atomic E-state index is 12.5. The summed E-state index contributed by atoms with van der Waals surface area (Å²) in [5, 5.41) is 5.48. The number of carbonyl (C=O) groups is 2. The number of rotatable bonds is 5. The lowest BCUT2D eigenvalue weighted by atomic mass is 10.1. The molecule has 1 aromatic carbocycles. The molecule has 2 aliphatic rings. The molecule has 3 rings (SSSR count). The van der Waals surface area contributed by atoms with Crippen LogP contribution in [0.5, 0.6) is 0 Å². The van der Waals surface area contributed by atoms with Gasteiger partial charge in [-0.1, -0.05) is 18.9 Å². The summed E-state index contributed by atoms with van der Waals surface area (Å²) in [5.74, 6) is -0.632. The summed E-state index contributed by atoms with van der Waals surface area (Å²) >= 11 is 0. The minimum Gasteiger partial charge on any atom is -0.354 e. The van der Waals surface area contributed by atoms with Crippen molar-refractivity contribution in [1.82, 2.24) is 15.4 Å². The van der Waals surface area contributed by atoms with E-state index in [1.54, 1.807) is 12.1 Å². The van der Waals surface area contributed by atoms with E-state index in [0.717, 1.165) is 38.5 Å². The molecule has 0 spiro atoms. The largest absolute Gasteiger partial charge is 0.354 e. The van der Waals surface area contributed by atoms with Crippen molar-refractivity contribution in [2.75, 3.05) is 6.54 Å². The molecule has 1 atom stereocenters. The summed E-state index contributed by atoms with van der Waals surface area (Å²) in [7, 11) is -3.66. The van der Waals surface area contributed by atoms with Crippen molar-refractivity contribution in [3.05, 3.63) is 29.8 Å². The van der Waals surface area contributed by atoms with Crippen molar-refractivity contribution >= 4 is 21.8 Å². The van der Waals surface area contributed by atoms with E-state index in [0.29, 0.717) is 13.0 Å². The van der Waals surface area contributed by atoms with E-state index in [4.69, 9.17) is 0 Å². The van der Waals surface area contributed by atoms with Crippen molar-refractivity contribution in [2.24, 2.45) is 0 Å². The molecule has 26 heavy (non-hydrogen) atoms. The number of amides is 2. The minimum absolute atomic E-state index is 0.0350. The molecule has 1 saturated carbocycles. The highest BCUT2D eigenvalue weighted by atomic mass is 32.2. The van der Waals surface area contributed by atoms with Gasteiger partial charge in [-0.3, -0.25) is 9.59 Å². The van der Waals surface area contributed by atoms with Crippen LogP contribution in [-0.4, -0.2) is 38.9 Å². The number of benzene rings is 1. The van der Waals surface area contributed by atoms with Crippen LogP contribution >= 0.6 is 0 Å². The predicted octanol–water partition coefficient (Wildman–Crippen LogP) is 1.31. The van der Waals surface area contributed by atoms with Crippen molar-refractivity contribution < 1.29 is 18.0 Å². The van der Waals surface area contributed by atoms with Crippen LogP contribution in [0.3, 0.4) is 0 Å². The van der Waals surface area contributed by atoms with Gasteiger partial charge in [0.15, 0.2) is 0 Å². The van der Waals surface area contributed by atoms with Gasteiger partial charge in [0.1, 0.15) is 6.04 Å². The Kier molecular flexibility index (Phi) is 5.93. The first-order chi connectivity index (χ1) is 12.5. The monoisotopic (exact) mass is 379 g/mol. The molecular formula is C18H25N3O4S. The smallest absolute Gasteiger partial charge is 0.251 e. The van der Waals surface area contributed by atoms with Gasteiger partial charge in [-0.15, -0.1) is 0 Å². The first kappa shape index (κ1) is 18.8. The molecule has 8 heteroatoms. The normalized spacial score (nSPS) is 21.8. The molecule has 2 fully saturated rings. The molecule has 0 bridgehead atoms. The summed E-state index contributed by atoms with van der Waals surface area (Å²) in [6, 6.07) is 5.33. The van der Waals surface area contributed by atoms with Crippen molar-refractivity contribution in [3.8, 4) is 0 Å². The van der Waals surface area contributed by atoms with E-state index in [2.05, 4.69) is 15.4 Å². The number of hydrogen-bond donors (Lipinski definition) is 3. The topological polar surface area (TPSA) is 104 Å². The summed E-state index contributed by atoms with van der Waals surface area (Å²) in [6.07, 6.45) is 6.06. The fourth-order valence-electron chi connectivity index (χ4n) is 3.45. The molecule has 1 aliphatic heterocycles. The van der Waals surface area contributed by atoms with E-state index >= 15 is 0 Å². The van der Waals surface area contributed by atoms with Crippen LogP contribution in [-0.2, 0) is 14.8 Å². The Morgan fingerprint density at radius 1 is 1.08 bits per heavy atom. The van der Waals surface area contributed by atoms with Crippen LogP contribution in [0.4, 0.5) is 0 Å². The average molecular weight is 379 g/mol. The first-order valence-electron chi connectivity index (χ1n) is 9.17. The van der Waals surface area contributed by atoms with Gasteiger partial charge >= 0.3 is 0 Å². The fourth-order valence-corrected chi connectivity index (χ4v) is 4.80. The number of carbonyl (C=O) groups excluding carboxylic acids is 2. The van der Waals surface area contributed by atoms with Crippen LogP contribution in [0.25, 0.3) is 0 Å². The molecule has 0 aromatic heterocycles. The molecule has 0 radical (unpaired) electrons. The Morgan fingerprint density at radius 2 is 1.81 bits per heavy atom. The summed E-state index contributed by atoms with van der Waals surface area (Å²) in [4.78, 5) is 24.5. The van der Waals surface area contributed by atoms with Gasteiger partial charge in [-0.2, -0.15) is 0 Å². The van der Waals surface area contributed by atoms with Gasteiger partial charge in [0, 0.05) is 18.2 Å². The van der Waals surface area contributed by atoms with Gasteiger partial charge in [-0.05, 0) is 50.3 Å². The van der Waals surface area contributed by atoms with Crippen LogP contribution in [0.15, 0.2) is 29.2 Å². The number of sulfonamides is 1. The van der Waals surface area contributed by atoms with Gasteiger partial charge in [-0.25, -0.2) is 13.1 Å². The molecule has 1 aromatic rings. The zero-order valence-electron chi connectivity index (χ0n) is 14.7. The highest BCUT2D eigenvalue weighted by Crippen LogP contribution is 2.21. The van der Waals surface area contributed by atoms with Crippen molar-refractivity contribution in [1.29, 1.82) is 0 Å². The fraction of sp³-hybridized carbons (Fsp3) is 0.556. The lowest BCUT2D eigenvalue weighted by Crippen LogP contribution is -2.45. The minimum atomic E-state index is -3.66. The summed E-state index contributed by atoms with van der Waals surface area (Å²) in [6.45, 7) is 0.617. The zero-order chi connectivity index (χ0) is 18.6. The van der Waals surface area contributed by atoms with Crippen molar-refractivity contribution in [2.45, 2.75) is 61.9 Å². The molecule has 7 nitrogen and oxygen atoms in total. The van der Waals surface area contributed by atoms with E-state index < -0.39 is 22.0 Å². The lowest BCUT2D eigenvalue weighted by Gasteiger charge is -2.16. The summed E-state index contributed by atoms with van der Waals surface area (Å²) < 4.78 is 27.8. The van der Waals surface area contributed by atoms with Gasteiger partial charge in [0.05, 0.1) is 4.90 Å². The molecular weight excluding hydrogens is 354 g/mol. The average Bonchev–Trinajstić information content (AvgIpc) is 3.04. The van der Waals surface area contributed by atoms with E-state index in [1.165, 1.54) is 12.1 Å². The molecule has 0 unspecified atom stereocenters. The second-order valence-corrected chi connectivity index (χ2v) is 8.66. The lowest BCUT2D eigenvalue weighted by molar-refractivity contribution is -0.122. The highest BCUT2D eigenvalue weighted by molar-refractivity contribution is 7.89. The van der Waals surface area contributed by atoms with Crippen molar-refractivity contribution in [3.63, 3.8) is 0 Å². The maximum Gasteiger partial charge on any atom is 0.251 e. The second-order valence-electron chi connectivity index (χ2n) is 6.94. The third-order valence-electron chi connectivity index (χ3n) is 4.92. The quantitative estimate of drug-likeness (QED) is 0.717. The van der Waals surface area contributed by atoms with Crippen LogP contribution < -0.4 is 15.4 Å². The highest BCUT2D eigenvalue weighted by Gasteiger charge is 2.25. The Morgan fingerprint density at radius 3 is 2.58 bits per heavy atom. The maximum atomic E-state index is 12.5. The Balaban J connectivity index is 1.71. The van der Waals surface area contributed by atoms with Crippen LogP contribution in [0.1, 0.15) is 55.3 Å². The Hall–Kier alpha value is -1.93. The third-order valence-corrected chi connectivity index (χ3v) is 6.44. The van der Waals surface area contributed by atoms with E-state index in [9.17, 15) is 18.0 Å². The van der Waals surface area contributed by atoms with Gasteiger partial charge in [0.2, 0.25) is 15.9 Å².